The van der Waals surface area contributed by atoms with Gasteiger partial charge in [0.05, 0.1) is 24.9 Å². The number of ether oxygens (including phenoxy) is 2. The lowest BCUT2D eigenvalue weighted by molar-refractivity contribution is 0.102. The molecule has 1 aromatic heterocycles. The molecule has 0 aliphatic heterocycles. The van der Waals surface area contributed by atoms with Gasteiger partial charge in [0.25, 0.3) is 5.91 Å². The van der Waals surface area contributed by atoms with Crippen LogP contribution in [-0.2, 0) is 0 Å². The van der Waals surface area contributed by atoms with E-state index in [0.29, 0.717) is 56.7 Å². The SMILES string of the molecule is CCC(=N)c1ccc(-c2cc(NC(=O)c3cc(OC)cc(OC)c3)ccc2Cl)nc1N. The first-order valence-corrected chi connectivity index (χ1v) is 9.92. The first kappa shape index (κ1) is 22.1. The van der Waals surface area contributed by atoms with Crippen LogP contribution in [0.2, 0.25) is 5.02 Å². The van der Waals surface area contributed by atoms with Crippen LogP contribution in [0.15, 0.2) is 48.5 Å². The summed E-state index contributed by atoms with van der Waals surface area (Å²) in [6.07, 6.45) is 0.558. The third kappa shape index (κ3) is 4.95. The number of carbonyl (C=O) groups excluding carboxylic acids is 1. The van der Waals surface area contributed by atoms with Crippen molar-refractivity contribution in [3.8, 4) is 22.8 Å². The fourth-order valence-electron chi connectivity index (χ4n) is 3.01. The van der Waals surface area contributed by atoms with Gasteiger partial charge in [0.2, 0.25) is 0 Å². The van der Waals surface area contributed by atoms with Gasteiger partial charge in [-0.15, -0.1) is 0 Å². The van der Waals surface area contributed by atoms with Gasteiger partial charge in [-0.25, -0.2) is 4.98 Å². The van der Waals surface area contributed by atoms with E-state index in [1.807, 2.05) is 6.92 Å². The summed E-state index contributed by atoms with van der Waals surface area (Å²) in [4.78, 5) is 17.2. The molecule has 7 nitrogen and oxygen atoms in total. The van der Waals surface area contributed by atoms with Crippen LogP contribution in [0, 0.1) is 5.41 Å². The van der Waals surface area contributed by atoms with E-state index < -0.39 is 0 Å². The van der Waals surface area contributed by atoms with Gasteiger partial charge in [0.1, 0.15) is 17.3 Å². The van der Waals surface area contributed by atoms with Crippen molar-refractivity contribution in [3.05, 3.63) is 64.7 Å². The Kier molecular flexibility index (Phi) is 6.77. The van der Waals surface area contributed by atoms with Crippen LogP contribution in [0.1, 0.15) is 29.3 Å². The summed E-state index contributed by atoms with van der Waals surface area (Å²) in [7, 11) is 3.04. The summed E-state index contributed by atoms with van der Waals surface area (Å²) in [5, 5.41) is 11.3. The van der Waals surface area contributed by atoms with Gasteiger partial charge in [0.15, 0.2) is 0 Å². The topological polar surface area (TPSA) is 110 Å². The highest BCUT2D eigenvalue weighted by molar-refractivity contribution is 6.33. The van der Waals surface area contributed by atoms with E-state index in [-0.39, 0.29) is 11.7 Å². The quantitative estimate of drug-likeness (QED) is 0.448. The molecule has 3 aromatic rings. The Morgan fingerprint density at radius 2 is 1.77 bits per heavy atom. The largest absolute Gasteiger partial charge is 0.497 e. The summed E-state index contributed by atoms with van der Waals surface area (Å²) < 4.78 is 10.4. The predicted octanol–water partition coefficient (Wildman–Crippen LogP) is 5.03. The molecule has 0 unspecified atom stereocenters. The predicted molar refractivity (Wildman–Crippen MR) is 124 cm³/mol. The average Bonchev–Trinajstić information content (AvgIpc) is 2.79. The number of hydrogen-bond donors (Lipinski definition) is 3. The molecule has 31 heavy (non-hydrogen) atoms. The number of halogens is 1. The molecule has 0 fully saturated rings. The monoisotopic (exact) mass is 438 g/mol. The van der Waals surface area contributed by atoms with Crippen LogP contribution in [0.25, 0.3) is 11.3 Å². The highest BCUT2D eigenvalue weighted by Crippen LogP contribution is 2.31. The number of rotatable bonds is 7. The molecule has 3 rings (SSSR count). The van der Waals surface area contributed by atoms with Crippen LogP contribution in [0.3, 0.4) is 0 Å². The lowest BCUT2D eigenvalue weighted by Gasteiger charge is -2.12. The van der Waals surface area contributed by atoms with Crippen molar-refractivity contribution in [1.29, 1.82) is 5.41 Å². The van der Waals surface area contributed by atoms with Crippen LogP contribution in [-0.4, -0.2) is 30.8 Å². The number of anilines is 2. The molecule has 160 valence electrons. The van der Waals surface area contributed by atoms with Crippen molar-refractivity contribution in [2.45, 2.75) is 13.3 Å². The fourth-order valence-corrected chi connectivity index (χ4v) is 3.23. The Morgan fingerprint density at radius 3 is 2.35 bits per heavy atom. The molecule has 8 heteroatoms. The molecule has 1 amide bonds. The number of nitrogens with one attached hydrogen (secondary N) is 2. The van der Waals surface area contributed by atoms with Gasteiger partial charge in [-0.2, -0.15) is 0 Å². The molecule has 0 radical (unpaired) electrons. The van der Waals surface area contributed by atoms with E-state index in [4.69, 9.17) is 32.2 Å². The van der Waals surface area contributed by atoms with Crippen LogP contribution >= 0.6 is 11.6 Å². The molecule has 1 heterocycles. The summed E-state index contributed by atoms with van der Waals surface area (Å²) in [5.74, 6) is 0.959. The smallest absolute Gasteiger partial charge is 0.255 e. The number of benzene rings is 2. The van der Waals surface area contributed by atoms with E-state index in [1.165, 1.54) is 14.2 Å². The van der Waals surface area contributed by atoms with Gasteiger partial charge >= 0.3 is 0 Å². The van der Waals surface area contributed by atoms with Gasteiger partial charge < -0.3 is 25.9 Å². The Hall–Kier alpha value is -3.58. The van der Waals surface area contributed by atoms with Crippen molar-refractivity contribution in [3.63, 3.8) is 0 Å². The molecule has 0 saturated carbocycles. The van der Waals surface area contributed by atoms with Crippen molar-refractivity contribution < 1.29 is 14.3 Å². The van der Waals surface area contributed by atoms with Crippen molar-refractivity contribution in [1.82, 2.24) is 4.98 Å². The highest BCUT2D eigenvalue weighted by atomic mass is 35.5. The summed E-state index contributed by atoms with van der Waals surface area (Å²) in [5.41, 5.74) is 9.15. The number of nitrogens with two attached hydrogens (primary N) is 1. The van der Waals surface area contributed by atoms with Crippen molar-refractivity contribution in [2.24, 2.45) is 0 Å². The number of aromatic nitrogens is 1. The maximum absolute atomic E-state index is 12.8. The normalized spacial score (nSPS) is 10.5. The maximum atomic E-state index is 12.8. The number of pyridine rings is 1. The van der Waals surface area contributed by atoms with Gasteiger partial charge in [-0.3, -0.25) is 4.79 Å². The molecular formula is C23H23ClN4O3. The molecule has 0 atom stereocenters. The molecule has 0 spiro atoms. The minimum Gasteiger partial charge on any atom is -0.497 e. The van der Waals surface area contributed by atoms with Gasteiger partial charge in [-0.1, -0.05) is 18.5 Å². The summed E-state index contributed by atoms with van der Waals surface area (Å²) >= 11 is 6.38. The third-order valence-corrected chi connectivity index (χ3v) is 5.05. The number of carbonyl (C=O) groups is 1. The molecule has 0 bridgehead atoms. The van der Waals surface area contributed by atoms with Gasteiger partial charge in [0, 0.05) is 34.2 Å². The Labute approximate surface area is 185 Å². The zero-order chi connectivity index (χ0) is 22.5. The zero-order valence-electron chi connectivity index (χ0n) is 17.5. The zero-order valence-corrected chi connectivity index (χ0v) is 18.2. The second-order valence-corrected chi connectivity index (χ2v) is 7.12. The fraction of sp³-hybridized carbons (Fsp3) is 0.174. The Bertz CT molecular complexity index is 1130. The van der Waals surface area contributed by atoms with E-state index in [2.05, 4.69) is 10.3 Å². The minimum atomic E-state index is -0.329. The number of nitrogen functional groups attached to an aromatic ring is 1. The van der Waals surface area contributed by atoms with Crippen LogP contribution in [0.4, 0.5) is 11.5 Å². The molecule has 0 aliphatic rings. The van der Waals surface area contributed by atoms with Crippen molar-refractivity contribution >= 4 is 34.7 Å². The lowest BCUT2D eigenvalue weighted by atomic mass is 10.1. The van der Waals surface area contributed by atoms with E-state index in [9.17, 15) is 4.79 Å². The van der Waals surface area contributed by atoms with E-state index in [0.717, 1.165) is 0 Å². The number of nitrogens with zero attached hydrogens (tertiary/aromatic N) is 1. The Balaban J connectivity index is 1.91. The number of methoxy groups -OCH3 is 2. The first-order valence-electron chi connectivity index (χ1n) is 9.55. The molecule has 2 aromatic carbocycles. The molecule has 4 N–H and O–H groups in total. The van der Waals surface area contributed by atoms with Crippen LogP contribution < -0.4 is 20.5 Å². The molecule has 0 saturated heterocycles. The maximum Gasteiger partial charge on any atom is 0.255 e. The number of hydrogen-bond acceptors (Lipinski definition) is 6. The number of amides is 1. The minimum absolute atomic E-state index is 0.262. The second kappa shape index (κ2) is 9.49. The molecule has 0 aliphatic carbocycles. The second-order valence-electron chi connectivity index (χ2n) is 6.71. The van der Waals surface area contributed by atoms with Gasteiger partial charge in [-0.05, 0) is 48.9 Å². The summed E-state index contributed by atoms with van der Waals surface area (Å²) in [6.45, 7) is 1.89. The standard InChI is InChI=1S/C23H23ClN4O3/c1-4-20(25)17-6-8-21(28-22(17)26)18-11-14(5-7-19(18)24)27-23(29)13-9-15(30-2)12-16(10-13)31-3/h5-12,25H,4H2,1-3H3,(H2,26,28)(H,27,29). The first-order chi connectivity index (χ1) is 14.9. The van der Waals surface area contributed by atoms with Crippen LogP contribution in [0.5, 0.6) is 11.5 Å². The summed E-state index contributed by atoms with van der Waals surface area (Å²) in [6, 6.07) is 13.6. The highest BCUT2D eigenvalue weighted by Gasteiger charge is 2.14. The van der Waals surface area contributed by atoms with Crippen molar-refractivity contribution in [2.75, 3.05) is 25.3 Å². The van der Waals surface area contributed by atoms with E-state index in [1.54, 1.807) is 48.5 Å². The average molecular weight is 439 g/mol. The van der Waals surface area contributed by atoms with E-state index >= 15 is 0 Å². The lowest BCUT2D eigenvalue weighted by Crippen LogP contribution is -2.12. The Morgan fingerprint density at radius 1 is 1.10 bits per heavy atom. The third-order valence-electron chi connectivity index (χ3n) is 4.72. The molecular weight excluding hydrogens is 416 g/mol.